The van der Waals surface area contributed by atoms with Crippen LogP contribution in [0.15, 0.2) is 28.0 Å². The number of sulfone groups is 2. The molecule has 0 atom stereocenters. The number of hydrogen-bond acceptors (Lipinski definition) is 6. The molecule has 0 saturated heterocycles. The van der Waals surface area contributed by atoms with Gasteiger partial charge >= 0.3 is 0 Å². The molecule has 1 rings (SSSR count). The van der Waals surface area contributed by atoms with Gasteiger partial charge in [0.05, 0.1) is 34.5 Å². The second-order valence-electron chi connectivity index (χ2n) is 4.04. The van der Waals surface area contributed by atoms with Crippen LogP contribution in [0.5, 0.6) is 0 Å². The Morgan fingerprint density at radius 2 is 1.37 bits per heavy atom. The van der Waals surface area contributed by atoms with Crippen molar-refractivity contribution < 1.29 is 27.0 Å². The van der Waals surface area contributed by atoms with E-state index < -0.39 is 44.4 Å². The van der Waals surface area contributed by atoms with Crippen LogP contribution in [0.3, 0.4) is 0 Å². The lowest BCUT2D eigenvalue weighted by atomic mass is 10.2. The minimum atomic E-state index is -3.88. The maximum absolute atomic E-state index is 12.0. The summed E-state index contributed by atoms with van der Waals surface area (Å²) in [5, 5.41) is 17.5. The number of aryl methyl sites for hydroxylation is 1. The molecular weight excluding hydrogens is 292 g/mol. The van der Waals surface area contributed by atoms with Crippen LogP contribution in [0, 0.1) is 6.92 Å². The molecule has 0 heterocycles. The van der Waals surface area contributed by atoms with Crippen LogP contribution in [-0.4, -0.2) is 51.8 Å². The molecule has 0 saturated carbocycles. The third-order valence-corrected chi connectivity index (χ3v) is 6.09. The average Bonchev–Trinajstić information content (AvgIpc) is 2.28. The molecule has 6 nitrogen and oxygen atoms in total. The van der Waals surface area contributed by atoms with Crippen molar-refractivity contribution in [3.05, 3.63) is 23.8 Å². The van der Waals surface area contributed by atoms with Gasteiger partial charge in [0.1, 0.15) is 0 Å². The molecule has 8 heteroatoms. The Morgan fingerprint density at radius 1 is 0.895 bits per heavy atom. The van der Waals surface area contributed by atoms with Crippen LogP contribution in [0.2, 0.25) is 0 Å². The number of aliphatic hydroxyl groups excluding tert-OH is 2. The zero-order chi connectivity index (χ0) is 14.7. The van der Waals surface area contributed by atoms with Gasteiger partial charge in [-0.05, 0) is 24.6 Å². The van der Waals surface area contributed by atoms with Crippen molar-refractivity contribution in [2.24, 2.45) is 0 Å². The molecule has 2 N–H and O–H groups in total. The second kappa shape index (κ2) is 6.00. The maximum atomic E-state index is 12.0. The lowest BCUT2D eigenvalue weighted by Gasteiger charge is -2.11. The number of aliphatic hydroxyl groups is 2. The predicted octanol–water partition coefficient (Wildman–Crippen LogP) is -0.473. The third kappa shape index (κ3) is 3.75. The highest BCUT2D eigenvalue weighted by molar-refractivity contribution is 7.94. The molecule has 1 aromatic rings. The largest absolute Gasteiger partial charge is 0.395 e. The summed E-state index contributed by atoms with van der Waals surface area (Å²) in [6.45, 7) is 0.464. The summed E-state index contributed by atoms with van der Waals surface area (Å²) in [4.78, 5) is -0.657. The zero-order valence-corrected chi connectivity index (χ0v) is 12.0. The number of rotatable bonds is 6. The van der Waals surface area contributed by atoms with Gasteiger partial charge in [-0.3, -0.25) is 0 Å². The Bertz CT molecular complexity index is 646. The van der Waals surface area contributed by atoms with Crippen molar-refractivity contribution in [1.82, 2.24) is 0 Å². The molecule has 1 aromatic carbocycles. The molecule has 0 radical (unpaired) electrons. The Balaban J connectivity index is 3.52. The molecule has 0 aliphatic rings. The van der Waals surface area contributed by atoms with E-state index in [9.17, 15) is 16.8 Å². The standard InChI is InChI=1S/C11H16O6S2/c1-9-2-3-10(18(14,15)6-4-12)11(8-9)19(16,17)7-5-13/h2-3,8,12-13H,4-7H2,1H3. The fourth-order valence-electron chi connectivity index (χ4n) is 1.58. The first-order valence-corrected chi connectivity index (χ1v) is 8.83. The quantitative estimate of drug-likeness (QED) is 0.735. The van der Waals surface area contributed by atoms with Crippen molar-refractivity contribution in [3.63, 3.8) is 0 Å². The van der Waals surface area contributed by atoms with E-state index in [-0.39, 0.29) is 9.79 Å². The van der Waals surface area contributed by atoms with Crippen molar-refractivity contribution in [1.29, 1.82) is 0 Å². The first-order valence-electron chi connectivity index (χ1n) is 5.52. The van der Waals surface area contributed by atoms with E-state index in [4.69, 9.17) is 10.2 Å². The van der Waals surface area contributed by atoms with Gasteiger partial charge in [-0.15, -0.1) is 0 Å². The molecular formula is C11H16O6S2. The highest BCUT2D eigenvalue weighted by atomic mass is 32.2. The maximum Gasteiger partial charge on any atom is 0.181 e. The van der Waals surface area contributed by atoms with E-state index in [1.54, 1.807) is 6.92 Å². The summed E-state index contributed by atoms with van der Waals surface area (Å²) in [5.41, 5.74) is 0.597. The molecule has 0 aliphatic heterocycles. The van der Waals surface area contributed by atoms with Gasteiger partial charge in [0.2, 0.25) is 0 Å². The molecule has 0 bridgehead atoms. The van der Waals surface area contributed by atoms with Crippen LogP contribution in [0.25, 0.3) is 0 Å². The van der Waals surface area contributed by atoms with Crippen LogP contribution in [0.4, 0.5) is 0 Å². The SMILES string of the molecule is Cc1ccc(S(=O)(=O)CCO)c(S(=O)(=O)CCO)c1. The summed E-state index contributed by atoms with van der Waals surface area (Å²) in [6, 6.07) is 3.96. The second-order valence-corrected chi connectivity index (χ2v) is 8.19. The monoisotopic (exact) mass is 308 g/mol. The number of benzene rings is 1. The Kier molecular flexibility index (Phi) is 5.08. The van der Waals surface area contributed by atoms with Crippen molar-refractivity contribution >= 4 is 19.7 Å². The molecule has 0 fully saturated rings. The van der Waals surface area contributed by atoms with E-state index >= 15 is 0 Å². The minimum Gasteiger partial charge on any atom is -0.395 e. The Morgan fingerprint density at radius 3 is 1.84 bits per heavy atom. The summed E-state index contributed by atoms with van der Waals surface area (Å²) in [5.74, 6) is -1.09. The van der Waals surface area contributed by atoms with Crippen molar-refractivity contribution in [2.45, 2.75) is 16.7 Å². The molecule has 0 amide bonds. The van der Waals surface area contributed by atoms with Crippen LogP contribution in [-0.2, 0) is 19.7 Å². The molecule has 19 heavy (non-hydrogen) atoms. The molecule has 0 aromatic heterocycles. The van der Waals surface area contributed by atoms with Gasteiger partial charge in [-0.1, -0.05) is 6.07 Å². The van der Waals surface area contributed by atoms with Crippen LogP contribution < -0.4 is 0 Å². The summed E-state index contributed by atoms with van der Waals surface area (Å²) in [7, 11) is -7.75. The molecule has 0 unspecified atom stereocenters. The molecule has 0 spiro atoms. The first kappa shape index (κ1) is 16.1. The lowest BCUT2D eigenvalue weighted by molar-refractivity contribution is 0.318. The third-order valence-electron chi connectivity index (χ3n) is 2.49. The van der Waals surface area contributed by atoms with Gasteiger partial charge in [-0.25, -0.2) is 16.8 Å². The van der Waals surface area contributed by atoms with E-state index in [0.717, 1.165) is 0 Å². The number of hydrogen-bond donors (Lipinski definition) is 2. The normalized spacial score (nSPS) is 12.6. The van der Waals surface area contributed by atoms with E-state index in [1.165, 1.54) is 18.2 Å². The van der Waals surface area contributed by atoms with Crippen LogP contribution >= 0.6 is 0 Å². The van der Waals surface area contributed by atoms with Gasteiger partial charge < -0.3 is 10.2 Å². The smallest absolute Gasteiger partial charge is 0.181 e. The van der Waals surface area contributed by atoms with Gasteiger partial charge in [0, 0.05) is 0 Å². The Labute approximate surface area is 112 Å². The summed E-state index contributed by atoms with van der Waals surface area (Å²) >= 11 is 0. The van der Waals surface area contributed by atoms with Gasteiger partial charge in [-0.2, -0.15) is 0 Å². The zero-order valence-electron chi connectivity index (χ0n) is 10.4. The predicted molar refractivity (Wildman–Crippen MR) is 69.5 cm³/mol. The van der Waals surface area contributed by atoms with Crippen molar-refractivity contribution in [3.8, 4) is 0 Å². The van der Waals surface area contributed by atoms with E-state index in [1.807, 2.05) is 0 Å². The highest BCUT2D eigenvalue weighted by Crippen LogP contribution is 2.24. The Hall–Kier alpha value is -0.960. The molecule has 108 valence electrons. The van der Waals surface area contributed by atoms with Crippen LogP contribution in [0.1, 0.15) is 5.56 Å². The van der Waals surface area contributed by atoms with Gasteiger partial charge in [0.25, 0.3) is 0 Å². The van der Waals surface area contributed by atoms with Crippen molar-refractivity contribution in [2.75, 3.05) is 24.7 Å². The van der Waals surface area contributed by atoms with E-state index in [2.05, 4.69) is 0 Å². The lowest BCUT2D eigenvalue weighted by Crippen LogP contribution is -2.17. The van der Waals surface area contributed by atoms with E-state index in [0.29, 0.717) is 5.56 Å². The fourth-order valence-corrected chi connectivity index (χ4v) is 4.64. The topological polar surface area (TPSA) is 109 Å². The highest BCUT2D eigenvalue weighted by Gasteiger charge is 2.26. The molecule has 0 aliphatic carbocycles. The summed E-state index contributed by atoms with van der Waals surface area (Å²) < 4.78 is 47.8. The average molecular weight is 308 g/mol. The fraction of sp³-hybridized carbons (Fsp3) is 0.455. The first-order chi connectivity index (χ1) is 8.74. The summed E-state index contributed by atoms with van der Waals surface area (Å²) in [6.07, 6.45) is 0. The minimum absolute atomic E-state index is 0.324. The van der Waals surface area contributed by atoms with Gasteiger partial charge in [0.15, 0.2) is 19.7 Å².